The van der Waals surface area contributed by atoms with Crippen molar-refractivity contribution >= 4 is 0 Å². The molecule has 0 nitrogen and oxygen atoms in total. The van der Waals surface area contributed by atoms with E-state index in [0.717, 1.165) is 12.0 Å². The highest BCUT2D eigenvalue weighted by atomic mass is 14.0. The van der Waals surface area contributed by atoms with Crippen LogP contribution in [0.25, 0.3) is 0 Å². The maximum Gasteiger partial charge on any atom is -0.00919 e. The van der Waals surface area contributed by atoms with Gasteiger partial charge in [-0.25, -0.2) is 0 Å². The van der Waals surface area contributed by atoms with Crippen molar-refractivity contribution in [2.75, 3.05) is 0 Å². The Labute approximate surface area is 76.0 Å². The van der Waals surface area contributed by atoms with E-state index in [1.807, 2.05) is 32.9 Å². The van der Waals surface area contributed by atoms with Crippen LogP contribution in [0, 0.1) is 0 Å². The Bertz CT molecular complexity index is 214. The molecule has 0 radical (unpaired) electrons. The number of allylic oxidation sites excluding steroid dienone is 7. The fraction of sp³-hybridized carbons (Fsp3) is 0.333. The van der Waals surface area contributed by atoms with E-state index >= 15 is 0 Å². The molecule has 0 bridgehead atoms. The summed E-state index contributed by atoms with van der Waals surface area (Å²) in [5, 5.41) is 0. The number of hydrogen-bond donors (Lipinski definition) is 0. The van der Waals surface area contributed by atoms with Crippen molar-refractivity contribution in [2.24, 2.45) is 0 Å². The van der Waals surface area contributed by atoms with Gasteiger partial charge in [0.05, 0.1) is 0 Å². The Hall–Kier alpha value is -1.04. The van der Waals surface area contributed by atoms with Crippen LogP contribution in [0.5, 0.6) is 0 Å². The summed E-state index contributed by atoms with van der Waals surface area (Å²) in [5.41, 5.74) is 2.49. The Morgan fingerprint density at radius 1 is 1.25 bits per heavy atom. The first-order chi connectivity index (χ1) is 5.80. The van der Waals surface area contributed by atoms with Gasteiger partial charge >= 0.3 is 0 Å². The Kier molecular flexibility index (Phi) is 6.08. The van der Waals surface area contributed by atoms with Gasteiger partial charge < -0.3 is 0 Å². The Morgan fingerprint density at radius 3 is 2.50 bits per heavy atom. The zero-order valence-corrected chi connectivity index (χ0v) is 8.30. The first-order valence-corrected chi connectivity index (χ1v) is 4.49. The molecule has 0 N–H and O–H groups in total. The van der Waals surface area contributed by atoms with Gasteiger partial charge in [0.2, 0.25) is 0 Å². The lowest BCUT2D eigenvalue weighted by molar-refractivity contribution is 1.22. The van der Waals surface area contributed by atoms with Crippen LogP contribution < -0.4 is 0 Å². The smallest absolute Gasteiger partial charge is 0.00919 e. The van der Waals surface area contributed by atoms with Crippen molar-refractivity contribution in [3.05, 3.63) is 48.1 Å². The summed E-state index contributed by atoms with van der Waals surface area (Å²) < 4.78 is 0. The van der Waals surface area contributed by atoms with E-state index < -0.39 is 0 Å². The van der Waals surface area contributed by atoms with Crippen LogP contribution in [0.2, 0.25) is 0 Å². The lowest BCUT2D eigenvalue weighted by Gasteiger charge is -1.99. The Balaban J connectivity index is 0.000000561. The number of rotatable bonds is 1. The summed E-state index contributed by atoms with van der Waals surface area (Å²) in [6, 6.07) is 0. The highest BCUT2D eigenvalue weighted by molar-refractivity contribution is 5.34. The van der Waals surface area contributed by atoms with Crippen LogP contribution in [-0.4, -0.2) is 0 Å². The molecule has 0 heteroatoms. The third kappa shape index (κ3) is 3.97. The van der Waals surface area contributed by atoms with Gasteiger partial charge in [0.15, 0.2) is 0 Å². The minimum atomic E-state index is 1.02. The van der Waals surface area contributed by atoms with Gasteiger partial charge in [-0.05, 0) is 18.9 Å². The van der Waals surface area contributed by atoms with E-state index in [4.69, 9.17) is 0 Å². The van der Waals surface area contributed by atoms with E-state index in [1.165, 1.54) is 5.57 Å². The molecule has 66 valence electrons. The topological polar surface area (TPSA) is 0 Å². The van der Waals surface area contributed by atoms with Crippen LogP contribution >= 0.6 is 0 Å². The third-order valence-corrected chi connectivity index (χ3v) is 1.54. The molecular formula is C12H18. The minimum Gasteiger partial charge on any atom is -0.0958 e. The zero-order chi connectivity index (χ0) is 9.40. The first-order valence-electron chi connectivity index (χ1n) is 4.49. The van der Waals surface area contributed by atoms with Gasteiger partial charge in [-0.15, -0.1) is 0 Å². The molecule has 0 saturated carbocycles. The summed E-state index contributed by atoms with van der Waals surface area (Å²) in [6.07, 6.45) is 11.4. The van der Waals surface area contributed by atoms with Crippen LogP contribution in [-0.2, 0) is 0 Å². The van der Waals surface area contributed by atoms with Crippen LogP contribution in [0.3, 0.4) is 0 Å². The molecule has 12 heavy (non-hydrogen) atoms. The van der Waals surface area contributed by atoms with Gasteiger partial charge in [0, 0.05) is 0 Å². The van der Waals surface area contributed by atoms with Crippen molar-refractivity contribution in [2.45, 2.75) is 27.2 Å². The molecule has 0 heterocycles. The molecule has 0 fully saturated rings. The van der Waals surface area contributed by atoms with Crippen molar-refractivity contribution in [3.8, 4) is 0 Å². The largest absolute Gasteiger partial charge is 0.0958 e. The van der Waals surface area contributed by atoms with E-state index in [9.17, 15) is 0 Å². The summed E-state index contributed by atoms with van der Waals surface area (Å²) in [5.74, 6) is 0. The molecule has 0 unspecified atom stereocenters. The quantitative estimate of drug-likeness (QED) is 0.546. The van der Waals surface area contributed by atoms with Crippen molar-refractivity contribution in [1.82, 2.24) is 0 Å². The molecule has 0 aromatic rings. The maximum atomic E-state index is 3.88. The molecule has 1 aliphatic rings. The average molecular weight is 162 g/mol. The summed E-state index contributed by atoms with van der Waals surface area (Å²) in [6.45, 7) is 9.92. The minimum absolute atomic E-state index is 1.02. The predicted molar refractivity (Wildman–Crippen MR) is 57.1 cm³/mol. The van der Waals surface area contributed by atoms with Gasteiger partial charge in [-0.2, -0.15) is 0 Å². The maximum absolute atomic E-state index is 3.88. The third-order valence-electron chi connectivity index (χ3n) is 1.54. The van der Waals surface area contributed by atoms with Crippen molar-refractivity contribution in [1.29, 1.82) is 0 Å². The summed E-state index contributed by atoms with van der Waals surface area (Å²) >= 11 is 0. The molecular weight excluding hydrogens is 144 g/mol. The second-order valence-electron chi connectivity index (χ2n) is 2.49. The SMILES string of the molecule is C=C(C)C1=CC=CC=CC1.CC. The van der Waals surface area contributed by atoms with E-state index in [1.54, 1.807) is 0 Å². The molecule has 0 spiro atoms. The number of hydrogen-bond acceptors (Lipinski definition) is 0. The van der Waals surface area contributed by atoms with Gasteiger partial charge in [-0.3, -0.25) is 0 Å². The first kappa shape index (κ1) is 11.0. The average Bonchev–Trinajstić information content (AvgIpc) is 2.35. The van der Waals surface area contributed by atoms with Gasteiger partial charge in [0.1, 0.15) is 0 Å². The van der Waals surface area contributed by atoms with Gasteiger partial charge in [0.25, 0.3) is 0 Å². The van der Waals surface area contributed by atoms with Crippen LogP contribution in [0.15, 0.2) is 48.1 Å². The second kappa shape index (κ2) is 6.66. The van der Waals surface area contributed by atoms with Crippen LogP contribution in [0.4, 0.5) is 0 Å². The summed E-state index contributed by atoms with van der Waals surface area (Å²) in [4.78, 5) is 0. The fourth-order valence-electron chi connectivity index (χ4n) is 0.894. The van der Waals surface area contributed by atoms with E-state index in [2.05, 4.69) is 24.8 Å². The van der Waals surface area contributed by atoms with E-state index in [-0.39, 0.29) is 0 Å². The highest BCUT2D eigenvalue weighted by Crippen LogP contribution is 2.13. The molecule has 0 aromatic carbocycles. The monoisotopic (exact) mass is 162 g/mol. The standard InChI is InChI=1S/C10H12.C2H6/c1-9(2)10-7-5-3-4-6-8-10;1-2/h3-7H,1,8H2,2H3;1-2H3. The van der Waals surface area contributed by atoms with Crippen LogP contribution in [0.1, 0.15) is 27.2 Å². The highest BCUT2D eigenvalue weighted by Gasteiger charge is 1.94. The molecule has 0 aromatic heterocycles. The van der Waals surface area contributed by atoms with E-state index in [0.29, 0.717) is 0 Å². The predicted octanol–water partition coefficient (Wildman–Crippen LogP) is 4.03. The van der Waals surface area contributed by atoms with Crippen molar-refractivity contribution < 1.29 is 0 Å². The lowest BCUT2D eigenvalue weighted by Crippen LogP contribution is -1.79. The molecule has 0 amide bonds. The molecule has 0 saturated heterocycles. The Morgan fingerprint density at radius 2 is 1.92 bits per heavy atom. The van der Waals surface area contributed by atoms with Gasteiger partial charge in [-0.1, -0.05) is 56.4 Å². The van der Waals surface area contributed by atoms with Crippen molar-refractivity contribution in [3.63, 3.8) is 0 Å². The summed E-state index contributed by atoms with van der Waals surface area (Å²) in [7, 11) is 0. The second-order valence-corrected chi connectivity index (χ2v) is 2.49. The lowest BCUT2D eigenvalue weighted by atomic mass is 10.1. The molecule has 1 aliphatic carbocycles. The fourth-order valence-corrected chi connectivity index (χ4v) is 0.894. The normalized spacial score (nSPS) is 14.1. The molecule has 1 rings (SSSR count). The zero-order valence-electron chi connectivity index (χ0n) is 8.30. The molecule has 0 atom stereocenters. The molecule has 0 aliphatic heterocycles.